The molecule has 0 aromatic heterocycles. The molecule has 0 aromatic carbocycles. The minimum Gasteiger partial charge on any atom is -0.289 e. The zero-order valence-electron chi connectivity index (χ0n) is 3.80. The summed E-state index contributed by atoms with van der Waals surface area (Å²) in [6.07, 6.45) is 1.64. The van der Waals surface area contributed by atoms with E-state index in [1.54, 1.807) is 0 Å². The molecule has 0 aliphatic carbocycles. The minimum absolute atomic E-state index is 0.203. The Kier molecular flexibility index (Phi) is 2.59. The van der Waals surface area contributed by atoms with Crippen molar-refractivity contribution >= 4 is 17.9 Å². The zero-order chi connectivity index (χ0) is 5.91. The highest BCUT2D eigenvalue weighted by Gasteiger charge is 2.04. The van der Waals surface area contributed by atoms with Crippen molar-refractivity contribution in [1.29, 1.82) is 0 Å². The molecule has 1 atom stereocenters. The average molecular weight is 140 g/mol. The van der Waals surface area contributed by atoms with Gasteiger partial charge in [-0.25, -0.2) is 0 Å². The maximum absolute atomic E-state index is 10.3. The van der Waals surface area contributed by atoms with Gasteiger partial charge in [0.25, 0.3) is 0 Å². The fourth-order valence-corrected chi connectivity index (χ4v) is 0.821. The first kappa shape index (κ1) is 7.22. The van der Waals surface area contributed by atoms with E-state index < -0.39 is 6.65 Å². The molecule has 0 saturated carbocycles. The van der Waals surface area contributed by atoms with Gasteiger partial charge in [-0.2, -0.15) is 0 Å². The number of nitrogens with two attached hydrogens (primary N) is 1. The summed E-state index contributed by atoms with van der Waals surface area (Å²) in [5, 5.41) is 0. The third kappa shape index (κ3) is 6.22. The maximum atomic E-state index is 10.3. The van der Waals surface area contributed by atoms with Gasteiger partial charge >= 0.3 is 0 Å². The Morgan fingerprint density at radius 3 is 2.43 bits per heavy atom. The molecule has 42 valence electrons. The highest BCUT2D eigenvalue weighted by Crippen LogP contribution is 2.41. The second kappa shape index (κ2) is 2.51. The highest BCUT2D eigenvalue weighted by atomic mass is 35.7. The summed E-state index contributed by atoms with van der Waals surface area (Å²) >= 11 is 5.10. The smallest absolute Gasteiger partial charge is 0.233 e. The van der Waals surface area contributed by atoms with Crippen LogP contribution in [-0.4, -0.2) is 6.16 Å². The van der Waals surface area contributed by atoms with Gasteiger partial charge in [0.15, 0.2) is 0 Å². The molecule has 0 spiro atoms. The largest absolute Gasteiger partial charge is 0.289 e. The predicted molar refractivity (Wildman–Crippen MR) is 32.7 cm³/mol. The summed E-state index contributed by atoms with van der Waals surface area (Å²) in [5.74, 6) is 0. The minimum atomic E-state index is -2.81. The lowest BCUT2D eigenvalue weighted by Gasteiger charge is -1.94. The van der Waals surface area contributed by atoms with Gasteiger partial charge in [0.2, 0.25) is 6.65 Å². The SMILES string of the molecule is C=CCP(N)(=O)Cl. The van der Waals surface area contributed by atoms with Crippen LogP contribution in [0.5, 0.6) is 0 Å². The fraction of sp³-hybridized carbons (Fsp3) is 0.333. The molecule has 0 fully saturated rings. The first-order valence-electron chi connectivity index (χ1n) is 1.74. The first-order valence-corrected chi connectivity index (χ1v) is 4.61. The molecule has 0 heterocycles. The van der Waals surface area contributed by atoms with Gasteiger partial charge < -0.3 is 0 Å². The Morgan fingerprint density at radius 2 is 2.43 bits per heavy atom. The van der Waals surface area contributed by atoms with Gasteiger partial charge in [-0.05, 0) is 11.2 Å². The van der Waals surface area contributed by atoms with E-state index in [2.05, 4.69) is 6.58 Å². The van der Waals surface area contributed by atoms with Gasteiger partial charge in [0.05, 0.1) is 0 Å². The Bertz CT molecular complexity index is 108. The van der Waals surface area contributed by atoms with Crippen LogP contribution in [0.1, 0.15) is 0 Å². The summed E-state index contributed by atoms with van der Waals surface area (Å²) < 4.78 is 10.3. The molecule has 0 bridgehead atoms. The second-order valence-corrected chi connectivity index (χ2v) is 4.66. The standard InChI is InChI=1S/C3H7ClNOP/c1-2-3-7(4,5)6/h2H,1,3H2,(H2,5,6). The van der Waals surface area contributed by atoms with E-state index in [1.165, 1.54) is 6.08 Å². The highest BCUT2D eigenvalue weighted by molar-refractivity contribution is 7.87. The van der Waals surface area contributed by atoms with Crippen LogP contribution in [0.25, 0.3) is 0 Å². The van der Waals surface area contributed by atoms with E-state index in [0.29, 0.717) is 0 Å². The molecule has 0 aliphatic rings. The lowest BCUT2D eigenvalue weighted by Crippen LogP contribution is -1.88. The molecule has 4 heteroatoms. The lowest BCUT2D eigenvalue weighted by atomic mass is 10.8. The van der Waals surface area contributed by atoms with Crippen LogP contribution in [0.15, 0.2) is 12.7 Å². The van der Waals surface area contributed by atoms with Crippen LogP contribution in [0.3, 0.4) is 0 Å². The number of hydrogen-bond donors (Lipinski definition) is 1. The van der Waals surface area contributed by atoms with Crippen LogP contribution in [0, 0.1) is 0 Å². The summed E-state index contributed by atoms with van der Waals surface area (Å²) in [7, 11) is 0. The van der Waals surface area contributed by atoms with Crippen molar-refractivity contribution in [2.45, 2.75) is 0 Å². The summed E-state index contributed by atoms with van der Waals surface area (Å²) in [4.78, 5) is 0. The van der Waals surface area contributed by atoms with E-state index in [0.717, 1.165) is 0 Å². The Balaban J connectivity index is 3.57. The van der Waals surface area contributed by atoms with Gasteiger partial charge in [-0.3, -0.25) is 10.1 Å². The van der Waals surface area contributed by atoms with E-state index in [4.69, 9.17) is 16.7 Å². The quantitative estimate of drug-likeness (QED) is 0.466. The van der Waals surface area contributed by atoms with E-state index in [9.17, 15) is 4.57 Å². The molecule has 0 aromatic rings. The third-order valence-electron chi connectivity index (χ3n) is 0.378. The average Bonchev–Trinajstić information content (AvgIpc) is 1.30. The first-order chi connectivity index (χ1) is 3.06. The van der Waals surface area contributed by atoms with Crippen LogP contribution in [-0.2, 0) is 4.57 Å². The molecule has 0 amide bonds. The number of rotatable bonds is 2. The molecule has 2 nitrogen and oxygen atoms in total. The molecule has 7 heavy (non-hydrogen) atoms. The zero-order valence-corrected chi connectivity index (χ0v) is 5.45. The maximum Gasteiger partial charge on any atom is 0.233 e. The summed E-state index contributed by atoms with van der Waals surface area (Å²) in [5.41, 5.74) is 4.90. The molecule has 2 N–H and O–H groups in total. The van der Waals surface area contributed by atoms with Gasteiger partial charge in [-0.1, -0.05) is 6.08 Å². The van der Waals surface area contributed by atoms with E-state index in [1.807, 2.05) is 0 Å². The molecule has 0 aliphatic heterocycles. The van der Waals surface area contributed by atoms with Crippen molar-refractivity contribution in [3.8, 4) is 0 Å². The van der Waals surface area contributed by atoms with E-state index >= 15 is 0 Å². The number of allylic oxidation sites excluding steroid dienone is 1. The van der Waals surface area contributed by atoms with E-state index in [-0.39, 0.29) is 6.16 Å². The van der Waals surface area contributed by atoms with Crippen LogP contribution in [0.4, 0.5) is 0 Å². The fourth-order valence-electron chi connectivity index (χ4n) is 0.176. The lowest BCUT2D eigenvalue weighted by molar-refractivity contribution is 0.587. The normalized spacial score (nSPS) is 18.0. The summed E-state index contributed by atoms with van der Waals surface area (Å²) in [6, 6.07) is 0. The molecule has 0 rings (SSSR count). The predicted octanol–water partition coefficient (Wildman–Crippen LogP) is 1.56. The van der Waals surface area contributed by atoms with Crippen molar-refractivity contribution in [1.82, 2.24) is 0 Å². The molecular formula is C3H7ClNOP. The van der Waals surface area contributed by atoms with Gasteiger partial charge in [0, 0.05) is 6.16 Å². The molecule has 0 saturated heterocycles. The topological polar surface area (TPSA) is 43.1 Å². The Labute approximate surface area is 47.6 Å². The monoisotopic (exact) mass is 139 g/mol. The summed E-state index contributed by atoms with van der Waals surface area (Å²) in [6.45, 7) is 0.498. The second-order valence-electron chi connectivity index (χ2n) is 1.17. The van der Waals surface area contributed by atoms with Crippen LogP contribution in [0.2, 0.25) is 0 Å². The Hall–Kier alpha value is 0.220. The molecule has 1 unspecified atom stereocenters. The van der Waals surface area contributed by atoms with Crippen molar-refractivity contribution in [2.24, 2.45) is 5.50 Å². The van der Waals surface area contributed by atoms with Crippen molar-refractivity contribution in [2.75, 3.05) is 6.16 Å². The number of halogens is 1. The Morgan fingerprint density at radius 1 is 2.00 bits per heavy atom. The van der Waals surface area contributed by atoms with Gasteiger partial charge in [0.1, 0.15) is 0 Å². The van der Waals surface area contributed by atoms with Gasteiger partial charge in [-0.15, -0.1) is 6.58 Å². The van der Waals surface area contributed by atoms with Crippen LogP contribution < -0.4 is 5.50 Å². The number of hydrogen-bond acceptors (Lipinski definition) is 1. The van der Waals surface area contributed by atoms with Crippen molar-refractivity contribution in [3.05, 3.63) is 12.7 Å². The third-order valence-corrected chi connectivity index (χ3v) is 1.55. The molecular weight excluding hydrogens is 132 g/mol. The van der Waals surface area contributed by atoms with Crippen molar-refractivity contribution in [3.63, 3.8) is 0 Å². The molecule has 0 radical (unpaired) electrons. The van der Waals surface area contributed by atoms with Crippen LogP contribution >= 0.6 is 17.9 Å². The van der Waals surface area contributed by atoms with Crippen molar-refractivity contribution < 1.29 is 4.57 Å².